The Bertz CT molecular complexity index is 1140. The van der Waals surface area contributed by atoms with Crippen LogP contribution in [0.1, 0.15) is 40.1 Å². The van der Waals surface area contributed by atoms with Crippen molar-refractivity contribution in [1.29, 1.82) is 0 Å². The molecule has 1 heterocycles. The fraction of sp³-hybridized carbons (Fsp3) is 0.167. The van der Waals surface area contributed by atoms with Gasteiger partial charge in [-0.2, -0.15) is 0 Å². The molecule has 2 amide bonds. The summed E-state index contributed by atoms with van der Waals surface area (Å²) < 4.78 is 26.3. The van der Waals surface area contributed by atoms with Crippen LogP contribution in [0, 0.1) is 11.6 Å². The van der Waals surface area contributed by atoms with Crippen LogP contribution in [0.3, 0.4) is 0 Å². The highest BCUT2D eigenvalue weighted by molar-refractivity contribution is 6.11. The zero-order valence-corrected chi connectivity index (χ0v) is 17.7. The normalized spacial score (nSPS) is 12.0. The summed E-state index contributed by atoms with van der Waals surface area (Å²) in [4.78, 5) is 24.5. The lowest BCUT2D eigenvalue weighted by molar-refractivity contribution is 0.0920. The average Bonchev–Trinajstić information content (AvgIpc) is 3.12. The largest absolute Gasteiger partial charge is 0.399 e. The van der Waals surface area contributed by atoms with Crippen LogP contribution in [-0.4, -0.2) is 17.9 Å². The number of nitrogens with one attached hydrogen (secondary N) is 2. The van der Waals surface area contributed by atoms with Crippen LogP contribution in [-0.2, 0) is 6.54 Å². The van der Waals surface area contributed by atoms with E-state index >= 15 is 0 Å². The molecule has 0 unspecified atom stereocenters. The summed E-state index contributed by atoms with van der Waals surface area (Å²) in [6, 6.07) is 13.3. The van der Waals surface area contributed by atoms with E-state index in [-0.39, 0.29) is 30.2 Å². The predicted molar refractivity (Wildman–Crippen MR) is 121 cm³/mol. The van der Waals surface area contributed by atoms with Gasteiger partial charge in [0.1, 0.15) is 11.6 Å². The highest BCUT2D eigenvalue weighted by Crippen LogP contribution is 2.33. The number of nitrogen functional groups attached to an aromatic ring is 2. The second-order valence-corrected chi connectivity index (χ2v) is 7.62. The molecule has 0 saturated carbocycles. The van der Waals surface area contributed by atoms with E-state index in [2.05, 4.69) is 10.6 Å². The van der Waals surface area contributed by atoms with E-state index in [9.17, 15) is 18.4 Å². The third-order valence-corrected chi connectivity index (χ3v) is 4.78. The lowest BCUT2D eigenvalue weighted by atomic mass is 9.92. The molecule has 0 radical (unpaired) electrons. The van der Waals surface area contributed by atoms with Crippen LogP contribution in [0.15, 0.2) is 54.6 Å². The van der Waals surface area contributed by atoms with Crippen molar-refractivity contribution >= 4 is 23.2 Å². The van der Waals surface area contributed by atoms with E-state index in [1.54, 1.807) is 24.3 Å². The van der Waals surface area contributed by atoms with Gasteiger partial charge in [0.05, 0.1) is 11.1 Å². The molecular weight excluding hydrogens is 414 g/mol. The summed E-state index contributed by atoms with van der Waals surface area (Å²) in [6.45, 7) is 3.95. The van der Waals surface area contributed by atoms with Gasteiger partial charge in [-0.05, 0) is 73.5 Å². The first-order chi connectivity index (χ1) is 15.2. The molecule has 0 bridgehead atoms. The molecule has 1 aliphatic rings. The van der Waals surface area contributed by atoms with Crippen LogP contribution >= 0.6 is 0 Å². The number of anilines is 2. The first-order valence-corrected chi connectivity index (χ1v) is 9.98. The second-order valence-electron chi connectivity index (χ2n) is 7.62. The Morgan fingerprint density at radius 3 is 2.19 bits per heavy atom. The number of carbonyl (C=O) groups excluding carboxylic acids is 2. The predicted octanol–water partition coefficient (Wildman–Crippen LogP) is 3.86. The smallest absolute Gasteiger partial charge is 0.252 e. The Morgan fingerprint density at radius 2 is 1.59 bits per heavy atom. The molecule has 3 aromatic rings. The summed E-state index contributed by atoms with van der Waals surface area (Å²) in [7, 11) is 0. The number of amides is 2. The molecule has 1 aliphatic heterocycles. The zero-order chi connectivity index (χ0) is 23.4. The Balaban J connectivity index is 0.000000305. The van der Waals surface area contributed by atoms with E-state index in [0.717, 1.165) is 0 Å². The van der Waals surface area contributed by atoms with E-state index in [0.29, 0.717) is 39.2 Å². The zero-order valence-electron chi connectivity index (χ0n) is 17.7. The number of benzene rings is 3. The molecular formula is C24H24F2N4O2. The van der Waals surface area contributed by atoms with Crippen molar-refractivity contribution in [1.82, 2.24) is 10.6 Å². The van der Waals surface area contributed by atoms with Gasteiger partial charge in [0.25, 0.3) is 11.8 Å². The summed E-state index contributed by atoms with van der Waals surface area (Å²) in [5.74, 6) is -1.35. The Kier molecular flexibility index (Phi) is 6.73. The maximum Gasteiger partial charge on any atom is 0.252 e. The second kappa shape index (κ2) is 9.47. The molecule has 0 spiro atoms. The fourth-order valence-corrected chi connectivity index (χ4v) is 3.34. The van der Waals surface area contributed by atoms with Gasteiger partial charge in [0.15, 0.2) is 0 Å². The number of carbonyl (C=O) groups is 2. The highest BCUT2D eigenvalue weighted by Gasteiger charge is 2.29. The van der Waals surface area contributed by atoms with Crippen molar-refractivity contribution in [3.63, 3.8) is 0 Å². The van der Waals surface area contributed by atoms with Crippen LogP contribution in [0.2, 0.25) is 0 Å². The summed E-state index contributed by atoms with van der Waals surface area (Å²) in [6.07, 6.45) is 0. The number of hydrogen-bond acceptors (Lipinski definition) is 4. The standard InChI is InChI=1S/C18H18FN3O2.C6H6FN/c1-9(2)22-17(23)13-6-5-11(14-8-21-18(24)16(13)14)12-4-3-10(20)7-15(12)19;7-5-1-3-6(8)4-2-5/h3-7,9H,8,20H2,1-2H3,(H,21,24)(H,22,23);1-4H,8H2. The Labute approximate surface area is 184 Å². The molecule has 166 valence electrons. The maximum absolute atomic E-state index is 14.3. The number of halogens is 2. The van der Waals surface area contributed by atoms with E-state index in [1.807, 2.05) is 13.8 Å². The van der Waals surface area contributed by atoms with Crippen LogP contribution in [0.25, 0.3) is 11.1 Å². The summed E-state index contributed by atoms with van der Waals surface area (Å²) >= 11 is 0. The van der Waals surface area contributed by atoms with E-state index in [1.165, 1.54) is 30.3 Å². The number of hydrogen-bond donors (Lipinski definition) is 4. The topological polar surface area (TPSA) is 110 Å². The minimum absolute atomic E-state index is 0.0492. The Hall–Kier alpha value is -3.94. The first kappa shape index (κ1) is 22.7. The van der Waals surface area contributed by atoms with Crippen molar-refractivity contribution in [2.24, 2.45) is 0 Å². The van der Waals surface area contributed by atoms with Crippen molar-refractivity contribution < 1.29 is 18.4 Å². The Morgan fingerprint density at radius 1 is 0.969 bits per heavy atom. The number of fused-ring (bicyclic) bond motifs is 1. The molecule has 0 saturated heterocycles. The van der Waals surface area contributed by atoms with Crippen molar-refractivity contribution in [3.05, 3.63) is 82.9 Å². The lowest BCUT2D eigenvalue weighted by Gasteiger charge is -2.14. The molecule has 0 fully saturated rings. The van der Waals surface area contributed by atoms with Crippen LogP contribution in [0.5, 0.6) is 0 Å². The van der Waals surface area contributed by atoms with Gasteiger partial charge in [0.2, 0.25) is 0 Å². The van der Waals surface area contributed by atoms with Crippen LogP contribution in [0.4, 0.5) is 20.2 Å². The average molecular weight is 438 g/mol. The van der Waals surface area contributed by atoms with Gasteiger partial charge in [-0.25, -0.2) is 8.78 Å². The van der Waals surface area contributed by atoms with E-state index in [4.69, 9.17) is 11.5 Å². The summed E-state index contributed by atoms with van der Waals surface area (Å²) in [5.41, 5.74) is 13.9. The number of nitrogens with two attached hydrogens (primary N) is 2. The lowest BCUT2D eigenvalue weighted by Crippen LogP contribution is -2.31. The van der Waals surface area contributed by atoms with Crippen molar-refractivity contribution in [2.45, 2.75) is 26.4 Å². The van der Waals surface area contributed by atoms with Gasteiger partial charge < -0.3 is 22.1 Å². The van der Waals surface area contributed by atoms with E-state index < -0.39 is 5.82 Å². The monoisotopic (exact) mass is 438 g/mol. The van der Waals surface area contributed by atoms with Gasteiger partial charge in [-0.1, -0.05) is 6.07 Å². The number of rotatable bonds is 3. The van der Waals surface area contributed by atoms with Crippen molar-refractivity contribution in [2.75, 3.05) is 11.5 Å². The molecule has 0 aliphatic carbocycles. The van der Waals surface area contributed by atoms with Gasteiger partial charge >= 0.3 is 0 Å². The van der Waals surface area contributed by atoms with Gasteiger partial charge in [0, 0.05) is 29.5 Å². The minimum Gasteiger partial charge on any atom is -0.399 e. The third kappa shape index (κ3) is 5.03. The SMILES string of the molecule is CC(C)NC(=O)c1ccc(-c2ccc(N)cc2F)c2c1C(=O)NC2.Nc1ccc(F)cc1. The van der Waals surface area contributed by atoms with Gasteiger partial charge in [-0.3, -0.25) is 9.59 Å². The molecule has 32 heavy (non-hydrogen) atoms. The molecule has 8 heteroatoms. The third-order valence-electron chi connectivity index (χ3n) is 4.78. The molecule has 6 N–H and O–H groups in total. The minimum atomic E-state index is -0.462. The molecule has 0 aromatic heterocycles. The summed E-state index contributed by atoms with van der Waals surface area (Å²) in [5, 5.41) is 5.49. The molecule has 4 rings (SSSR count). The van der Waals surface area contributed by atoms with Crippen molar-refractivity contribution in [3.8, 4) is 11.1 Å². The van der Waals surface area contributed by atoms with Gasteiger partial charge in [-0.15, -0.1) is 0 Å². The molecule has 3 aromatic carbocycles. The first-order valence-electron chi connectivity index (χ1n) is 9.98. The fourth-order valence-electron chi connectivity index (χ4n) is 3.34. The highest BCUT2D eigenvalue weighted by atomic mass is 19.1. The molecule has 6 nitrogen and oxygen atoms in total. The molecule has 0 atom stereocenters. The quantitative estimate of drug-likeness (QED) is 0.465. The maximum atomic E-state index is 14.3. The van der Waals surface area contributed by atoms with Crippen LogP contribution < -0.4 is 22.1 Å².